The van der Waals surface area contributed by atoms with Crippen LogP contribution >= 0.6 is 0 Å². The molecule has 1 saturated carbocycles. The number of nitrogens with one attached hydrogen (secondary N) is 2. The van der Waals surface area contributed by atoms with E-state index in [-0.39, 0.29) is 18.0 Å². The van der Waals surface area contributed by atoms with Gasteiger partial charge in [-0.15, -0.1) is 0 Å². The van der Waals surface area contributed by atoms with E-state index in [4.69, 9.17) is 9.72 Å². The highest BCUT2D eigenvalue weighted by Crippen LogP contribution is 2.39. The molecule has 1 atom stereocenters. The summed E-state index contributed by atoms with van der Waals surface area (Å²) in [6.07, 6.45) is 5.36. The summed E-state index contributed by atoms with van der Waals surface area (Å²) in [5.74, 6) is 1.20. The zero-order chi connectivity index (χ0) is 24.5. The van der Waals surface area contributed by atoms with E-state index in [1.807, 2.05) is 44.7 Å². The van der Waals surface area contributed by atoms with Gasteiger partial charge in [-0.1, -0.05) is 0 Å². The van der Waals surface area contributed by atoms with E-state index in [9.17, 15) is 9.59 Å². The third-order valence-electron chi connectivity index (χ3n) is 5.83. The van der Waals surface area contributed by atoms with Crippen LogP contribution in [-0.2, 0) is 4.74 Å². The number of amides is 2. The number of anilines is 3. The quantitative estimate of drug-likeness (QED) is 0.689. The van der Waals surface area contributed by atoms with Crippen LogP contribution in [0.2, 0.25) is 0 Å². The molecule has 3 heterocycles. The summed E-state index contributed by atoms with van der Waals surface area (Å²) in [6.45, 7) is 9.12. The maximum absolute atomic E-state index is 12.5. The maximum Gasteiger partial charge on any atom is 0.410 e. The monoisotopic (exact) mass is 467 g/mol. The number of carbonyl (C=O) groups excluding carboxylic acids is 2. The van der Waals surface area contributed by atoms with Gasteiger partial charge < -0.3 is 25.2 Å². The molecule has 2 amide bonds. The summed E-state index contributed by atoms with van der Waals surface area (Å²) in [7, 11) is 1.57. The van der Waals surface area contributed by atoms with Gasteiger partial charge in [0.1, 0.15) is 17.0 Å². The molecule has 0 radical (unpaired) electrons. The molecule has 10 nitrogen and oxygen atoms in total. The molecular weight excluding hydrogens is 434 g/mol. The van der Waals surface area contributed by atoms with Crippen LogP contribution in [0, 0.1) is 0 Å². The Morgan fingerprint density at radius 2 is 1.88 bits per heavy atom. The van der Waals surface area contributed by atoms with Crippen molar-refractivity contribution in [3.8, 4) is 0 Å². The van der Waals surface area contributed by atoms with Gasteiger partial charge in [0, 0.05) is 50.5 Å². The van der Waals surface area contributed by atoms with Crippen molar-refractivity contribution in [1.29, 1.82) is 0 Å². The van der Waals surface area contributed by atoms with E-state index >= 15 is 0 Å². The standard InChI is InChI=1S/C24H33N7O3/c1-15-14-30(23(33)34-24(2,3)4)10-11-31(15)22-27-13-18(21(32)25-5)20(29-22)28-17-8-9-19(26-12-17)16-6-7-16/h8-9,12-13,15-16H,6-7,10-11,14H2,1-5H3,(H,25,32)(H,27,28,29)/t15-/m1/s1. The van der Waals surface area contributed by atoms with E-state index in [1.54, 1.807) is 18.1 Å². The van der Waals surface area contributed by atoms with Gasteiger partial charge >= 0.3 is 6.09 Å². The topological polar surface area (TPSA) is 113 Å². The number of carbonyl (C=O) groups is 2. The second-order valence-electron chi connectivity index (χ2n) is 9.85. The van der Waals surface area contributed by atoms with Gasteiger partial charge in [0.2, 0.25) is 5.95 Å². The minimum Gasteiger partial charge on any atom is -0.444 e. The minimum absolute atomic E-state index is 0.0283. The summed E-state index contributed by atoms with van der Waals surface area (Å²) in [5.41, 5.74) is 1.65. The maximum atomic E-state index is 12.5. The van der Waals surface area contributed by atoms with Crippen molar-refractivity contribution in [3.63, 3.8) is 0 Å². The van der Waals surface area contributed by atoms with Crippen LogP contribution in [0.25, 0.3) is 0 Å². The Morgan fingerprint density at radius 1 is 1.12 bits per heavy atom. The Balaban J connectivity index is 1.52. The lowest BCUT2D eigenvalue weighted by molar-refractivity contribution is 0.0218. The van der Waals surface area contributed by atoms with Gasteiger partial charge in [-0.25, -0.2) is 9.78 Å². The van der Waals surface area contributed by atoms with E-state index in [2.05, 4.69) is 20.6 Å². The van der Waals surface area contributed by atoms with Crippen LogP contribution in [-0.4, -0.2) is 70.2 Å². The van der Waals surface area contributed by atoms with Gasteiger partial charge in [-0.05, 0) is 52.7 Å². The van der Waals surface area contributed by atoms with Gasteiger partial charge in [0.25, 0.3) is 5.91 Å². The van der Waals surface area contributed by atoms with E-state index in [0.717, 1.165) is 11.4 Å². The fourth-order valence-electron chi connectivity index (χ4n) is 3.89. The molecule has 182 valence electrons. The Hall–Kier alpha value is -3.43. The Labute approximate surface area is 200 Å². The predicted molar refractivity (Wildman–Crippen MR) is 130 cm³/mol. The molecular formula is C24H33N7O3. The van der Waals surface area contributed by atoms with Gasteiger partial charge in [0.15, 0.2) is 0 Å². The smallest absolute Gasteiger partial charge is 0.410 e. The number of piperazine rings is 1. The summed E-state index contributed by atoms with van der Waals surface area (Å²) >= 11 is 0. The lowest BCUT2D eigenvalue weighted by atomic mass is 10.2. The van der Waals surface area contributed by atoms with E-state index in [1.165, 1.54) is 19.0 Å². The Kier molecular flexibility index (Phi) is 6.58. The molecule has 10 heteroatoms. The van der Waals surface area contributed by atoms with Crippen molar-refractivity contribution in [3.05, 3.63) is 35.8 Å². The van der Waals surface area contributed by atoms with Gasteiger partial charge in [0.05, 0.1) is 11.9 Å². The molecule has 0 unspecified atom stereocenters. The minimum atomic E-state index is -0.539. The zero-order valence-corrected chi connectivity index (χ0v) is 20.5. The average molecular weight is 468 g/mol. The van der Waals surface area contributed by atoms with Crippen LogP contribution in [0.3, 0.4) is 0 Å². The molecule has 0 aromatic carbocycles. The third kappa shape index (κ3) is 5.55. The molecule has 2 fully saturated rings. The highest BCUT2D eigenvalue weighted by atomic mass is 16.6. The first-order valence-electron chi connectivity index (χ1n) is 11.7. The molecule has 34 heavy (non-hydrogen) atoms. The van der Waals surface area contributed by atoms with Crippen molar-refractivity contribution in [1.82, 2.24) is 25.2 Å². The first-order chi connectivity index (χ1) is 16.1. The van der Waals surface area contributed by atoms with Crippen LogP contribution in [0.4, 0.5) is 22.2 Å². The molecule has 4 rings (SSSR count). The summed E-state index contributed by atoms with van der Waals surface area (Å²) in [5, 5.41) is 5.87. The third-order valence-corrected chi connectivity index (χ3v) is 5.83. The predicted octanol–water partition coefficient (Wildman–Crippen LogP) is 3.30. The highest BCUT2D eigenvalue weighted by Gasteiger charge is 2.31. The van der Waals surface area contributed by atoms with Crippen LogP contribution in [0.5, 0.6) is 0 Å². The molecule has 2 aromatic heterocycles. The fraction of sp³-hybridized carbons (Fsp3) is 0.542. The van der Waals surface area contributed by atoms with E-state index < -0.39 is 5.60 Å². The van der Waals surface area contributed by atoms with Crippen LogP contribution in [0.1, 0.15) is 62.5 Å². The van der Waals surface area contributed by atoms with Crippen molar-refractivity contribution >= 4 is 29.5 Å². The zero-order valence-electron chi connectivity index (χ0n) is 20.5. The summed E-state index contributed by atoms with van der Waals surface area (Å²) in [6, 6.07) is 3.94. The average Bonchev–Trinajstić information content (AvgIpc) is 3.63. The first kappa shape index (κ1) is 23.7. The van der Waals surface area contributed by atoms with Crippen molar-refractivity contribution < 1.29 is 14.3 Å². The molecule has 1 saturated heterocycles. The second kappa shape index (κ2) is 9.44. The Morgan fingerprint density at radius 3 is 2.47 bits per heavy atom. The second-order valence-corrected chi connectivity index (χ2v) is 9.85. The molecule has 2 N–H and O–H groups in total. The van der Waals surface area contributed by atoms with Crippen molar-refractivity contribution in [2.24, 2.45) is 0 Å². The molecule has 2 aliphatic rings. The lowest BCUT2D eigenvalue weighted by Crippen LogP contribution is -2.55. The number of pyridine rings is 1. The number of hydrogen-bond acceptors (Lipinski definition) is 8. The SMILES string of the molecule is CNC(=O)c1cnc(N2CCN(C(=O)OC(C)(C)C)C[C@H]2C)nc1Nc1ccc(C2CC2)nc1. The van der Waals surface area contributed by atoms with Crippen molar-refractivity contribution in [2.45, 2.75) is 58.1 Å². The van der Waals surface area contributed by atoms with Gasteiger partial charge in [-0.2, -0.15) is 4.98 Å². The fourth-order valence-corrected chi connectivity index (χ4v) is 3.89. The number of nitrogens with zero attached hydrogens (tertiary/aromatic N) is 5. The van der Waals surface area contributed by atoms with Crippen LogP contribution in [0.15, 0.2) is 24.5 Å². The first-order valence-corrected chi connectivity index (χ1v) is 11.7. The molecule has 0 spiro atoms. The number of aromatic nitrogens is 3. The molecule has 1 aliphatic carbocycles. The molecule has 0 bridgehead atoms. The number of hydrogen-bond donors (Lipinski definition) is 2. The van der Waals surface area contributed by atoms with Gasteiger partial charge in [-0.3, -0.25) is 9.78 Å². The van der Waals surface area contributed by atoms with E-state index in [0.29, 0.717) is 42.9 Å². The lowest BCUT2D eigenvalue weighted by Gasteiger charge is -2.40. The summed E-state index contributed by atoms with van der Waals surface area (Å²) in [4.78, 5) is 42.4. The normalized spacial score (nSPS) is 18.4. The Bertz CT molecular complexity index is 1050. The number of rotatable bonds is 5. The largest absolute Gasteiger partial charge is 0.444 e. The van der Waals surface area contributed by atoms with Crippen molar-refractivity contribution in [2.75, 3.05) is 36.9 Å². The molecule has 1 aliphatic heterocycles. The van der Waals surface area contributed by atoms with Crippen LogP contribution < -0.4 is 15.5 Å². The number of ether oxygens (including phenoxy) is 1. The highest BCUT2D eigenvalue weighted by molar-refractivity contribution is 5.99. The summed E-state index contributed by atoms with van der Waals surface area (Å²) < 4.78 is 5.51. The molecule has 2 aromatic rings.